The maximum Gasteiger partial charge on any atom is 0.488 e. The van der Waals surface area contributed by atoms with Crippen LogP contribution in [0, 0.1) is 0 Å². The van der Waals surface area contributed by atoms with Crippen LogP contribution in [-0.4, -0.2) is 103 Å². The fraction of sp³-hybridized carbons (Fsp3) is 0.178. The number of unbranched alkanes of at least 4 members (excludes halogenated alkanes) is 2. The number of nitrogens with one attached hydrogen (secondary N) is 3. The molecule has 0 amide bonds. The molecule has 0 radical (unpaired) electrons. The molecule has 340 valence electrons. The first kappa shape index (κ1) is 47.1. The molecule has 5 aromatic carbocycles. The normalized spacial score (nSPS) is 10.6. The molecular formula is C45H43BN6O14. The monoisotopic (exact) mass is 902 g/mol. The number of hydrogen-bond acceptors (Lipinski definition) is 20. The molecule has 20 nitrogen and oxygen atoms in total. The predicted octanol–water partition coefficient (Wildman–Crippen LogP) is 5.19. The smallest absolute Gasteiger partial charge is 0.488 e. The van der Waals surface area contributed by atoms with Crippen LogP contribution in [0.3, 0.4) is 0 Å². The van der Waals surface area contributed by atoms with Crippen LogP contribution >= 0.6 is 0 Å². The Bertz CT molecular complexity index is 2440. The molecule has 1 heterocycles. The lowest BCUT2D eigenvalue weighted by Crippen LogP contribution is -2.29. The zero-order valence-corrected chi connectivity index (χ0v) is 34.9. The van der Waals surface area contributed by atoms with Crippen molar-refractivity contribution in [3.05, 3.63) is 131 Å². The number of ether oxygens (including phenoxy) is 4. The number of carbonyl (C=O) groups excluding carboxylic acids is 4. The van der Waals surface area contributed by atoms with Gasteiger partial charge in [-0.15, -0.1) is 0 Å². The lowest BCUT2D eigenvalue weighted by atomic mass is 9.80. The van der Waals surface area contributed by atoms with Crippen molar-refractivity contribution in [2.75, 3.05) is 42.4 Å². The van der Waals surface area contributed by atoms with Gasteiger partial charge in [-0.05, 0) is 116 Å². The molecule has 0 unspecified atom stereocenters. The van der Waals surface area contributed by atoms with Gasteiger partial charge < -0.3 is 65.4 Å². The molecule has 0 saturated heterocycles. The predicted molar refractivity (Wildman–Crippen MR) is 238 cm³/mol. The molecule has 0 atom stereocenters. The van der Waals surface area contributed by atoms with Crippen LogP contribution in [0.4, 0.5) is 34.9 Å². The number of anilines is 6. The first-order valence-electron chi connectivity index (χ1n) is 20.3. The van der Waals surface area contributed by atoms with E-state index in [0.717, 1.165) is 12.1 Å². The number of aromatic nitrogens is 3. The second kappa shape index (κ2) is 22.8. The average Bonchev–Trinajstić information content (AvgIpc) is 3.28. The molecule has 6 aromatic rings. The van der Waals surface area contributed by atoms with Gasteiger partial charge in [0.05, 0.1) is 48.7 Å². The molecule has 0 saturated carbocycles. The number of nitrogens with zero attached hydrogens (tertiary/aromatic N) is 3. The third kappa shape index (κ3) is 14.3. The van der Waals surface area contributed by atoms with Gasteiger partial charge in [0, 0.05) is 29.2 Å². The maximum atomic E-state index is 12.7. The average molecular weight is 903 g/mol. The number of phenols is 4. The lowest BCUT2D eigenvalue weighted by molar-refractivity contribution is 0.0432. The van der Waals surface area contributed by atoms with Gasteiger partial charge in [-0.2, -0.15) is 15.0 Å². The number of hydrogen-bond donors (Lipinski definition) is 9. The van der Waals surface area contributed by atoms with Crippen molar-refractivity contribution in [1.29, 1.82) is 0 Å². The second-order valence-corrected chi connectivity index (χ2v) is 14.3. The molecule has 9 N–H and O–H groups in total. The molecular weight excluding hydrogens is 859 g/mol. The molecule has 1 aromatic heterocycles. The van der Waals surface area contributed by atoms with Gasteiger partial charge in [-0.25, -0.2) is 19.2 Å². The van der Waals surface area contributed by atoms with Crippen molar-refractivity contribution in [2.45, 2.75) is 25.7 Å². The fourth-order valence-corrected chi connectivity index (χ4v) is 5.88. The van der Waals surface area contributed by atoms with Gasteiger partial charge in [0.2, 0.25) is 17.8 Å². The van der Waals surface area contributed by atoms with Crippen LogP contribution in [0.25, 0.3) is 0 Å². The number of benzene rings is 5. The standard InChI is InChI=1S/C45H43BN6O14/c53-35-21-29(22-36(54)25-35)41(59)65-19-3-1-17-63-39(57)27-5-11-32(12-6-27)47-43-50-44(52-45(51-43)49-34-15-9-31(10-16-34)46(61)62)48-33-13-7-28(8-14-33)40(58)64-18-2-4-20-66-42(60)30-23-37(55)26-38(56)24-30/h5-16,21-26,53-56,61-62H,1-4,17-20H2,(H3,47,48,49,50,51,52). The van der Waals surface area contributed by atoms with E-state index in [1.165, 1.54) is 36.4 Å². The van der Waals surface area contributed by atoms with Gasteiger partial charge in [0.15, 0.2) is 0 Å². The molecule has 66 heavy (non-hydrogen) atoms. The number of rotatable bonds is 21. The Labute approximate surface area is 376 Å². The summed E-state index contributed by atoms with van der Waals surface area (Å²) in [6.07, 6.45) is 1.60. The second-order valence-electron chi connectivity index (χ2n) is 14.3. The quantitative estimate of drug-likeness (QED) is 0.0194. The van der Waals surface area contributed by atoms with Crippen molar-refractivity contribution in [2.24, 2.45) is 0 Å². The van der Waals surface area contributed by atoms with E-state index in [1.807, 2.05) is 0 Å². The van der Waals surface area contributed by atoms with Crippen LogP contribution < -0.4 is 21.4 Å². The van der Waals surface area contributed by atoms with E-state index < -0.39 is 31.0 Å². The number of aromatic hydroxyl groups is 4. The van der Waals surface area contributed by atoms with Gasteiger partial charge >= 0.3 is 31.0 Å². The minimum atomic E-state index is -1.65. The van der Waals surface area contributed by atoms with Crippen LogP contribution in [0.15, 0.2) is 109 Å². The summed E-state index contributed by atoms with van der Waals surface area (Å²) < 4.78 is 21.0. The number of phenolic OH excluding ortho intramolecular Hbond substituents is 4. The van der Waals surface area contributed by atoms with Gasteiger partial charge in [0.1, 0.15) is 23.0 Å². The first-order chi connectivity index (χ1) is 31.8. The third-order valence-corrected chi connectivity index (χ3v) is 9.14. The summed E-state index contributed by atoms with van der Waals surface area (Å²) in [7, 11) is -1.65. The van der Waals surface area contributed by atoms with Crippen molar-refractivity contribution in [3.8, 4) is 23.0 Å². The molecule has 6 rings (SSSR count). The molecule has 0 aliphatic carbocycles. The summed E-state index contributed by atoms with van der Waals surface area (Å²) in [4.78, 5) is 63.1. The Morgan fingerprint density at radius 2 is 0.682 bits per heavy atom. The highest BCUT2D eigenvalue weighted by Gasteiger charge is 2.15. The van der Waals surface area contributed by atoms with Crippen molar-refractivity contribution in [1.82, 2.24) is 15.0 Å². The maximum absolute atomic E-state index is 12.7. The largest absolute Gasteiger partial charge is 0.508 e. The Morgan fingerprint density at radius 1 is 0.409 bits per heavy atom. The number of esters is 4. The summed E-state index contributed by atoms with van der Waals surface area (Å²) >= 11 is 0. The van der Waals surface area contributed by atoms with Crippen LogP contribution in [0.2, 0.25) is 0 Å². The SMILES string of the molecule is O=C(OCCCCOC(=O)c1cc(O)cc(O)c1)c1ccc(Nc2nc(Nc3ccc(B(O)O)cc3)nc(Nc3ccc(C(=O)OCCCCOC(=O)c4cc(O)cc(O)c4)cc3)n2)cc1. The summed E-state index contributed by atoms with van der Waals surface area (Å²) in [6.45, 7) is 0.202. The van der Waals surface area contributed by atoms with E-state index in [4.69, 9.17) is 18.9 Å². The van der Waals surface area contributed by atoms with E-state index in [1.54, 1.807) is 60.7 Å². The molecule has 21 heteroatoms. The Kier molecular flexibility index (Phi) is 16.2. The van der Waals surface area contributed by atoms with E-state index in [2.05, 4.69) is 30.9 Å². The topological polar surface area (TPSA) is 301 Å². The third-order valence-electron chi connectivity index (χ3n) is 9.14. The Hall–Kier alpha value is -8.43. The summed E-state index contributed by atoms with van der Waals surface area (Å²) in [5, 5.41) is 66.4. The summed E-state index contributed by atoms with van der Waals surface area (Å²) in [5.74, 6) is -3.36. The van der Waals surface area contributed by atoms with Crippen molar-refractivity contribution in [3.63, 3.8) is 0 Å². The summed E-state index contributed by atoms with van der Waals surface area (Å²) in [5.41, 5.74) is 2.37. The molecule has 0 spiro atoms. The van der Waals surface area contributed by atoms with Gasteiger partial charge in [0.25, 0.3) is 0 Å². The molecule has 0 aliphatic heterocycles. The highest BCUT2D eigenvalue weighted by Crippen LogP contribution is 2.24. The van der Waals surface area contributed by atoms with Crippen molar-refractivity contribution >= 4 is 71.4 Å². The Balaban J connectivity index is 1.00. The molecule has 0 aliphatic rings. The highest BCUT2D eigenvalue weighted by atomic mass is 16.5. The van der Waals surface area contributed by atoms with E-state index in [9.17, 15) is 49.7 Å². The first-order valence-corrected chi connectivity index (χ1v) is 20.3. The summed E-state index contributed by atoms with van der Waals surface area (Å²) in [6, 6.07) is 25.8. The van der Waals surface area contributed by atoms with E-state index in [0.29, 0.717) is 42.7 Å². The Morgan fingerprint density at radius 3 is 0.970 bits per heavy atom. The lowest BCUT2D eigenvalue weighted by Gasteiger charge is -2.12. The minimum Gasteiger partial charge on any atom is -0.508 e. The minimum absolute atomic E-state index is 0.00185. The molecule has 0 bridgehead atoms. The number of carbonyl (C=O) groups is 4. The zero-order chi connectivity index (χ0) is 47.0. The van der Waals surface area contributed by atoms with Gasteiger partial charge in [-0.1, -0.05) is 12.1 Å². The molecule has 0 fully saturated rings. The van der Waals surface area contributed by atoms with E-state index in [-0.39, 0.29) is 95.0 Å². The van der Waals surface area contributed by atoms with Gasteiger partial charge in [-0.3, -0.25) is 0 Å². The van der Waals surface area contributed by atoms with E-state index >= 15 is 0 Å². The zero-order valence-electron chi connectivity index (χ0n) is 34.9. The fourth-order valence-electron chi connectivity index (χ4n) is 5.88. The van der Waals surface area contributed by atoms with Crippen LogP contribution in [0.5, 0.6) is 23.0 Å². The highest BCUT2D eigenvalue weighted by molar-refractivity contribution is 6.58. The van der Waals surface area contributed by atoms with Crippen molar-refractivity contribution < 1.29 is 68.6 Å². The van der Waals surface area contributed by atoms with Crippen LogP contribution in [0.1, 0.15) is 67.1 Å². The van der Waals surface area contributed by atoms with Crippen LogP contribution in [-0.2, 0) is 18.9 Å².